The summed E-state index contributed by atoms with van der Waals surface area (Å²) in [5.74, 6) is 17.1. The number of ether oxygens (including phenoxy) is 2. The molecule has 16 aromatic carbocycles. The highest BCUT2D eigenvalue weighted by Crippen LogP contribution is 2.53. The monoisotopic (exact) mass is 1680 g/mol. The highest BCUT2D eigenvalue weighted by molar-refractivity contribution is 6.60. The Labute approximate surface area is 761 Å². The van der Waals surface area contributed by atoms with Gasteiger partial charge in [0.15, 0.2) is 23.1 Å². The molecule has 0 amide bonds. The molecule has 2 atom stereocenters. The Morgan fingerprint density at radius 3 is 0.892 bits per heavy atom. The maximum Gasteiger partial charge on any atom is 0.195 e. The number of carbonyl (C=O) groups is 4. The molecule has 0 radical (unpaired) electrons. The molecule has 2 unspecified atom stereocenters. The molecule has 0 heterocycles. The van der Waals surface area contributed by atoms with Crippen LogP contribution in [0.5, 0.6) is 23.0 Å². The number of rotatable bonds is 18. The third kappa shape index (κ3) is 19.4. The van der Waals surface area contributed by atoms with E-state index in [0.29, 0.717) is 34.1 Å². The van der Waals surface area contributed by atoms with E-state index in [1.54, 1.807) is 13.8 Å². The lowest BCUT2D eigenvalue weighted by atomic mass is 9.70. The second-order valence-corrected chi connectivity index (χ2v) is 33.3. The summed E-state index contributed by atoms with van der Waals surface area (Å²) in [6.07, 6.45) is 8.28. The van der Waals surface area contributed by atoms with Crippen LogP contribution in [-0.2, 0) is 35.3 Å². The van der Waals surface area contributed by atoms with Gasteiger partial charge in [-0.3, -0.25) is 19.2 Å². The molecule has 0 aromatic heterocycles. The number of fused-ring (bicyclic) bond motifs is 2. The van der Waals surface area contributed by atoms with Crippen molar-refractivity contribution in [3.05, 3.63) is 546 Å². The van der Waals surface area contributed by atoms with Crippen LogP contribution in [0.2, 0.25) is 0 Å². The van der Waals surface area contributed by atoms with Crippen molar-refractivity contribution in [2.45, 2.75) is 65.2 Å². The lowest BCUT2D eigenvalue weighted by Crippen LogP contribution is -2.22. The van der Waals surface area contributed by atoms with Gasteiger partial charge in [0.25, 0.3) is 0 Å². The maximum atomic E-state index is 14.6. The molecule has 0 aliphatic heterocycles. The van der Waals surface area contributed by atoms with Crippen molar-refractivity contribution in [2.24, 2.45) is 0 Å². The molecule has 130 heavy (non-hydrogen) atoms. The minimum atomic E-state index is 0.0164. The van der Waals surface area contributed by atoms with Gasteiger partial charge in [0, 0.05) is 78.0 Å². The Hall–Kier alpha value is -16.4. The first kappa shape index (κ1) is 84.5. The summed E-state index contributed by atoms with van der Waals surface area (Å²) in [7, 11) is 0. The van der Waals surface area contributed by atoms with Crippen LogP contribution in [-0.4, -0.2) is 23.1 Å². The first-order valence-electron chi connectivity index (χ1n) is 44.2. The first-order valence-corrected chi connectivity index (χ1v) is 44.2. The number of ketones is 4. The average molecular weight is 1680 g/mol. The van der Waals surface area contributed by atoms with Crippen molar-refractivity contribution >= 4 is 79.9 Å². The van der Waals surface area contributed by atoms with Gasteiger partial charge in [-0.2, -0.15) is 0 Å². The third-order valence-corrected chi connectivity index (χ3v) is 24.5. The minimum Gasteiger partial charge on any atom is -0.457 e. The van der Waals surface area contributed by atoms with Crippen LogP contribution >= 0.6 is 0 Å². The second kappa shape index (κ2) is 39.0. The van der Waals surface area contributed by atoms with Crippen molar-refractivity contribution in [1.29, 1.82) is 0 Å². The zero-order valence-corrected chi connectivity index (χ0v) is 72.8. The topological polar surface area (TPSA) is 86.7 Å². The van der Waals surface area contributed by atoms with E-state index >= 15 is 0 Å². The van der Waals surface area contributed by atoms with Gasteiger partial charge in [-0.05, 0) is 251 Å². The highest BCUT2D eigenvalue weighted by atomic mass is 16.5. The summed E-state index contributed by atoms with van der Waals surface area (Å²) in [6, 6.07) is 139. The molecule has 0 fully saturated rings. The van der Waals surface area contributed by atoms with Crippen molar-refractivity contribution in [3.63, 3.8) is 0 Å². The molecule has 6 heteroatoms. The Kier molecular flexibility index (Phi) is 25.4. The van der Waals surface area contributed by atoms with E-state index < -0.39 is 0 Å². The molecule has 0 saturated carbocycles. The van der Waals surface area contributed by atoms with E-state index in [2.05, 4.69) is 207 Å². The van der Waals surface area contributed by atoms with Crippen molar-refractivity contribution in [2.75, 3.05) is 0 Å². The summed E-state index contributed by atoms with van der Waals surface area (Å²) < 4.78 is 12.6. The second-order valence-electron chi connectivity index (χ2n) is 33.3. The lowest BCUT2D eigenvalue weighted by molar-refractivity contribution is -0.109. The van der Waals surface area contributed by atoms with Crippen molar-refractivity contribution in [3.8, 4) is 46.7 Å². The smallest absolute Gasteiger partial charge is 0.195 e. The average Bonchev–Trinajstić information content (AvgIpc) is 1.60. The van der Waals surface area contributed by atoms with Gasteiger partial charge in [0.05, 0.1) is 0 Å². The normalized spacial score (nSPS) is 14.2. The fourth-order valence-corrected chi connectivity index (χ4v) is 17.5. The lowest BCUT2D eigenvalue weighted by Gasteiger charge is -2.34. The zero-order valence-electron chi connectivity index (χ0n) is 72.8. The number of hydrogen-bond acceptors (Lipinski definition) is 6. The third-order valence-electron chi connectivity index (χ3n) is 24.5. The molecule has 0 saturated heterocycles. The molecule has 16 aromatic rings. The molecule has 0 N–H and O–H groups in total. The van der Waals surface area contributed by atoms with Gasteiger partial charge in [0.1, 0.15) is 23.0 Å². The summed E-state index contributed by atoms with van der Waals surface area (Å²) in [5.41, 5.74) is 32.1. The van der Waals surface area contributed by atoms with Gasteiger partial charge >= 0.3 is 0 Å². The van der Waals surface area contributed by atoms with Crippen LogP contribution in [0, 0.1) is 37.5 Å². The van der Waals surface area contributed by atoms with Gasteiger partial charge in [-0.25, -0.2) is 0 Å². The molecule has 624 valence electrons. The quantitative estimate of drug-likeness (QED) is 0.0483. The Balaban J connectivity index is 0.000000152. The fraction of sp³-hybridized carbons (Fsp3) is 0.0806. The fourth-order valence-electron chi connectivity index (χ4n) is 17.5. The van der Waals surface area contributed by atoms with Crippen LogP contribution < -0.4 is 9.47 Å². The van der Waals surface area contributed by atoms with E-state index in [0.717, 1.165) is 148 Å². The standard InChI is InChI=1S/C62H46O3.C46H32O2.C16H14O/c1-41-18-25-50(26-19-41)58-59(61(49-16-10-5-11-17-49)62(64)60(58)48-14-8-4-9-15-48)51-32-36-55(37-33-51)65-54-34-23-43(24-35-54)20-21-44-22-27-52-39-56(46-12-6-3-7-13-46)57(40-53(52)38-44)47-30-28-45(29-31-47)42(2)63;1-31-12-19-37(20-13-31)42-43(45(36-10-6-3-7-11-36)46(47)44(42)35-8-4-2-5-9-35)38-24-28-41(29-25-38)48-40-26-17-32(18-27-40)14-15-33-16-21-34-22-23-39(34)30-33;1-13(17)16-11-9-15(10-12-16)8-7-14-5-3-2-4-6-14/h3-19,22-38,56-57H,39-40H2,1-2H3;2-13,16-21,24-30H,22-23H2,1H3;2-12H,1H3/b;;8-7+. The summed E-state index contributed by atoms with van der Waals surface area (Å²) >= 11 is 0. The maximum absolute atomic E-state index is 14.6. The molecule has 4 aliphatic rings. The predicted octanol–water partition coefficient (Wildman–Crippen LogP) is 28.6. The summed E-state index contributed by atoms with van der Waals surface area (Å²) in [6.45, 7) is 7.35. The van der Waals surface area contributed by atoms with Crippen LogP contribution in [0.15, 0.2) is 413 Å². The van der Waals surface area contributed by atoms with Crippen LogP contribution in [0.1, 0.15) is 169 Å². The van der Waals surface area contributed by atoms with Crippen LogP contribution in [0.4, 0.5) is 0 Å². The zero-order chi connectivity index (χ0) is 88.8. The van der Waals surface area contributed by atoms with E-state index in [4.69, 9.17) is 9.47 Å². The number of Topliss-reactive ketones (excluding diaryl/α,β-unsaturated/α-hetero) is 4. The van der Waals surface area contributed by atoms with Gasteiger partial charge < -0.3 is 9.47 Å². The van der Waals surface area contributed by atoms with Crippen molar-refractivity contribution in [1.82, 2.24) is 0 Å². The molecular weight excluding hydrogens is 1590 g/mol. The molecule has 4 aliphatic carbocycles. The van der Waals surface area contributed by atoms with E-state index in [1.807, 2.05) is 255 Å². The Morgan fingerprint density at radius 1 is 0.262 bits per heavy atom. The predicted molar refractivity (Wildman–Crippen MR) is 531 cm³/mol. The SMILES string of the molecule is CC(=O)c1ccc(/C=C/c2ccccc2)cc1.CC(=O)c1ccc(C2Cc3cc(C#Cc4ccc(Oc5ccc(C6=C(c7ccccc7)C(=O)C(c7ccccc7)=C6c6ccc(C)cc6)cc5)cc4)ccc3CC2c2ccccc2)cc1.Cc1ccc(C2=C(c3ccccc3)C(=O)C(c3ccccc3)=C2c2ccc(Oc3ccc(C#Cc4ccc5c(c4)CC5)cc3)cc2)cc1. The van der Waals surface area contributed by atoms with Crippen molar-refractivity contribution < 1.29 is 28.7 Å². The first-order chi connectivity index (χ1) is 63.7. The summed E-state index contributed by atoms with van der Waals surface area (Å²) in [5, 5.41) is 0. The minimum absolute atomic E-state index is 0.0164. The molecule has 0 spiro atoms. The molecule has 6 nitrogen and oxygen atoms in total. The number of aryl methyl sites for hydroxylation is 4. The van der Waals surface area contributed by atoms with Gasteiger partial charge in [-0.15, -0.1) is 0 Å². The molecular formula is C124H92O6. The number of allylic oxidation sites excluding steroid dienone is 8. The van der Waals surface area contributed by atoms with E-state index in [-0.39, 0.29) is 29.1 Å². The van der Waals surface area contributed by atoms with E-state index in [1.165, 1.54) is 50.9 Å². The number of carbonyl (C=O) groups excluding carboxylic acids is 4. The largest absolute Gasteiger partial charge is 0.457 e. The Bertz CT molecular complexity index is 7190. The van der Waals surface area contributed by atoms with Crippen LogP contribution in [0.25, 0.3) is 56.7 Å². The number of hydrogen-bond donors (Lipinski definition) is 0. The number of benzene rings is 16. The highest BCUT2D eigenvalue weighted by Gasteiger charge is 2.38. The van der Waals surface area contributed by atoms with Gasteiger partial charge in [0.2, 0.25) is 0 Å². The Morgan fingerprint density at radius 2 is 0.538 bits per heavy atom. The van der Waals surface area contributed by atoms with Crippen LogP contribution in [0.3, 0.4) is 0 Å². The summed E-state index contributed by atoms with van der Waals surface area (Å²) in [4.78, 5) is 52.3. The van der Waals surface area contributed by atoms with Gasteiger partial charge in [-0.1, -0.05) is 362 Å². The molecule has 20 rings (SSSR count). The molecule has 0 bridgehead atoms. The van der Waals surface area contributed by atoms with E-state index in [9.17, 15) is 19.2 Å².